The minimum atomic E-state index is -4.73. The third kappa shape index (κ3) is 6.70. The number of hydrogen-bond acceptors (Lipinski definition) is 3. The Labute approximate surface area is 223 Å². The predicted molar refractivity (Wildman–Crippen MR) is 136 cm³/mol. The first-order valence-corrected chi connectivity index (χ1v) is 12.8. The third-order valence-electron chi connectivity index (χ3n) is 5.63. The van der Waals surface area contributed by atoms with Crippen LogP contribution in [0.4, 0.5) is 23.2 Å². The monoisotopic (exact) mass is 570 g/mol. The number of hydrogen-bond donors (Lipinski definition) is 2. The van der Waals surface area contributed by atoms with E-state index in [4.69, 9.17) is 16.7 Å². The lowest BCUT2D eigenvalue weighted by Gasteiger charge is -2.32. The molecular formula is C26H23ClF4N2O4S. The number of carbonyl (C=O) groups is 2. The Morgan fingerprint density at radius 3 is 2.32 bits per heavy atom. The number of rotatable bonds is 9. The summed E-state index contributed by atoms with van der Waals surface area (Å²) < 4.78 is 69.5. The van der Waals surface area contributed by atoms with Crippen LogP contribution in [0.15, 0.2) is 65.6 Å². The van der Waals surface area contributed by atoms with Crippen LogP contribution in [0.3, 0.4) is 0 Å². The SMILES string of the molecule is CCC(C(=O)NCc1cc(C(=O)O)ccc1F)N(c1cc(C(F)(F)F)ccc1Cl)S(=O)c1ccc(C)cc1. The van der Waals surface area contributed by atoms with E-state index in [-0.39, 0.29) is 33.2 Å². The quantitative estimate of drug-likeness (QED) is 0.303. The molecule has 2 N–H and O–H groups in total. The Hall–Kier alpha value is -3.44. The molecule has 0 aliphatic heterocycles. The van der Waals surface area contributed by atoms with Crippen molar-refractivity contribution in [3.8, 4) is 0 Å². The fourth-order valence-electron chi connectivity index (χ4n) is 3.60. The van der Waals surface area contributed by atoms with E-state index in [1.165, 1.54) is 12.1 Å². The van der Waals surface area contributed by atoms with Crippen LogP contribution >= 0.6 is 11.6 Å². The zero-order chi connectivity index (χ0) is 28.2. The van der Waals surface area contributed by atoms with Crippen LogP contribution in [0.5, 0.6) is 0 Å². The molecule has 2 atom stereocenters. The van der Waals surface area contributed by atoms with Gasteiger partial charge in [0.05, 0.1) is 26.7 Å². The second kappa shape index (κ2) is 12.0. The highest BCUT2D eigenvalue weighted by Crippen LogP contribution is 2.38. The van der Waals surface area contributed by atoms with Gasteiger partial charge in [0.25, 0.3) is 0 Å². The minimum absolute atomic E-state index is 0.00629. The van der Waals surface area contributed by atoms with Crippen molar-refractivity contribution in [1.29, 1.82) is 0 Å². The van der Waals surface area contributed by atoms with E-state index >= 15 is 0 Å². The van der Waals surface area contributed by atoms with Crippen molar-refractivity contribution in [3.63, 3.8) is 0 Å². The highest BCUT2D eigenvalue weighted by molar-refractivity contribution is 7.86. The lowest BCUT2D eigenvalue weighted by molar-refractivity contribution is -0.137. The number of carbonyl (C=O) groups excluding carboxylic acids is 1. The van der Waals surface area contributed by atoms with E-state index in [0.29, 0.717) is 0 Å². The van der Waals surface area contributed by atoms with Crippen LogP contribution in [-0.2, 0) is 28.5 Å². The molecule has 3 rings (SSSR count). The van der Waals surface area contributed by atoms with Gasteiger partial charge in [-0.05, 0) is 61.9 Å². The average molecular weight is 571 g/mol. The summed E-state index contributed by atoms with van der Waals surface area (Å²) in [6, 6.07) is 10.7. The zero-order valence-electron chi connectivity index (χ0n) is 20.2. The number of carboxylic acid groups (broad SMARTS) is 1. The number of carboxylic acids is 1. The largest absolute Gasteiger partial charge is 0.478 e. The molecule has 3 aromatic carbocycles. The summed E-state index contributed by atoms with van der Waals surface area (Å²) in [5.74, 6) is -2.83. The molecule has 0 spiro atoms. The van der Waals surface area contributed by atoms with Gasteiger partial charge in [-0.25, -0.2) is 13.4 Å². The second-order valence-electron chi connectivity index (χ2n) is 8.31. The van der Waals surface area contributed by atoms with Crippen LogP contribution < -0.4 is 9.62 Å². The number of aryl methyl sites for hydroxylation is 1. The van der Waals surface area contributed by atoms with Crippen LogP contribution in [-0.4, -0.2) is 27.2 Å². The Balaban J connectivity index is 2.03. The van der Waals surface area contributed by atoms with Crippen molar-refractivity contribution in [2.24, 2.45) is 0 Å². The van der Waals surface area contributed by atoms with E-state index < -0.39 is 53.0 Å². The van der Waals surface area contributed by atoms with E-state index in [0.717, 1.165) is 46.3 Å². The first-order chi connectivity index (χ1) is 17.8. The Morgan fingerprint density at radius 2 is 1.74 bits per heavy atom. The van der Waals surface area contributed by atoms with Gasteiger partial charge in [-0.2, -0.15) is 13.2 Å². The molecule has 0 saturated heterocycles. The van der Waals surface area contributed by atoms with Crippen molar-refractivity contribution in [2.75, 3.05) is 4.31 Å². The molecule has 0 fully saturated rings. The molecule has 0 heterocycles. The Kier molecular flexibility index (Phi) is 9.16. The van der Waals surface area contributed by atoms with Gasteiger partial charge in [-0.15, -0.1) is 0 Å². The van der Waals surface area contributed by atoms with Crippen molar-refractivity contribution in [1.82, 2.24) is 5.32 Å². The molecule has 0 radical (unpaired) electrons. The average Bonchev–Trinajstić information content (AvgIpc) is 2.86. The fraction of sp³-hybridized carbons (Fsp3) is 0.231. The molecule has 202 valence electrons. The molecule has 0 saturated carbocycles. The summed E-state index contributed by atoms with van der Waals surface area (Å²) in [5, 5.41) is 11.5. The van der Waals surface area contributed by atoms with E-state index in [1.54, 1.807) is 26.0 Å². The molecule has 2 unspecified atom stereocenters. The molecular weight excluding hydrogens is 548 g/mol. The van der Waals surface area contributed by atoms with Crippen LogP contribution in [0.2, 0.25) is 5.02 Å². The van der Waals surface area contributed by atoms with E-state index in [9.17, 15) is 31.4 Å². The highest BCUT2D eigenvalue weighted by atomic mass is 35.5. The lowest BCUT2D eigenvalue weighted by Crippen LogP contribution is -2.47. The number of amides is 1. The Bertz CT molecular complexity index is 1370. The molecule has 6 nitrogen and oxygen atoms in total. The summed E-state index contributed by atoms with van der Waals surface area (Å²) in [5.41, 5.74) is -0.783. The van der Waals surface area contributed by atoms with Gasteiger partial charge in [0, 0.05) is 12.1 Å². The Morgan fingerprint density at radius 1 is 1.08 bits per heavy atom. The summed E-state index contributed by atoms with van der Waals surface area (Å²) in [7, 11) is -2.17. The molecule has 38 heavy (non-hydrogen) atoms. The maximum atomic E-state index is 14.3. The van der Waals surface area contributed by atoms with Gasteiger partial charge in [-0.3, -0.25) is 9.10 Å². The topological polar surface area (TPSA) is 86.7 Å². The van der Waals surface area contributed by atoms with E-state index in [2.05, 4.69) is 5.32 Å². The summed E-state index contributed by atoms with van der Waals surface area (Å²) in [6.07, 6.45) is -4.74. The van der Waals surface area contributed by atoms with Crippen molar-refractivity contribution in [2.45, 2.75) is 43.9 Å². The predicted octanol–water partition coefficient (Wildman–Crippen LogP) is 6.13. The maximum absolute atomic E-state index is 14.3. The number of anilines is 1. The van der Waals surface area contributed by atoms with Gasteiger partial charge in [-0.1, -0.05) is 36.2 Å². The van der Waals surface area contributed by atoms with Crippen molar-refractivity contribution in [3.05, 3.63) is 93.8 Å². The van der Waals surface area contributed by atoms with Gasteiger partial charge in [0.2, 0.25) is 5.91 Å². The fourth-order valence-corrected chi connectivity index (χ4v) is 5.26. The molecule has 0 aliphatic rings. The lowest BCUT2D eigenvalue weighted by atomic mass is 10.1. The zero-order valence-corrected chi connectivity index (χ0v) is 21.8. The number of nitrogens with one attached hydrogen (secondary N) is 1. The summed E-state index contributed by atoms with van der Waals surface area (Å²) in [4.78, 5) is 24.7. The second-order valence-corrected chi connectivity index (χ2v) is 10.1. The normalized spacial score (nSPS) is 13.0. The first-order valence-electron chi connectivity index (χ1n) is 11.3. The van der Waals surface area contributed by atoms with Gasteiger partial charge in [0.1, 0.15) is 11.9 Å². The van der Waals surface area contributed by atoms with Crippen molar-refractivity contribution < 1.29 is 36.5 Å². The van der Waals surface area contributed by atoms with Gasteiger partial charge in [0.15, 0.2) is 11.0 Å². The number of halogens is 5. The third-order valence-corrected chi connectivity index (χ3v) is 7.43. The number of aromatic carboxylic acids is 1. The highest BCUT2D eigenvalue weighted by Gasteiger charge is 2.35. The molecule has 0 aromatic heterocycles. The molecule has 3 aromatic rings. The molecule has 12 heteroatoms. The van der Waals surface area contributed by atoms with Crippen molar-refractivity contribution >= 4 is 40.2 Å². The van der Waals surface area contributed by atoms with Crippen LogP contribution in [0.25, 0.3) is 0 Å². The number of alkyl halides is 3. The molecule has 0 aliphatic carbocycles. The maximum Gasteiger partial charge on any atom is 0.416 e. The van der Waals surface area contributed by atoms with Crippen LogP contribution in [0.1, 0.15) is 40.4 Å². The number of nitrogens with zero attached hydrogens (tertiary/aromatic N) is 1. The number of benzene rings is 3. The van der Waals surface area contributed by atoms with Crippen LogP contribution in [0, 0.1) is 12.7 Å². The van der Waals surface area contributed by atoms with Gasteiger partial charge < -0.3 is 10.4 Å². The summed E-state index contributed by atoms with van der Waals surface area (Å²) in [6.45, 7) is 2.95. The molecule has 0 bridgehead atoms. The van der Waals surface area contributed by atoms with E-state index in [1.807, 2.05) is 0 Å². The smallest absolute Gasteiger partial charge is 0.416 e. The molecule has 1 amide bonds. The standard InChI is InChI=1S/C26H23ClF4N2O4S/c1-3-22(24(34)32-14-17-12-16(25(35)36)6-11-21(17)28)33(38(37)19-8-4-15(2)5-9-19)23-13-18(26(29,30)31)7-10-20(23)27/h4-13,22H,3,14H2,1-2H3,(H,32,34)(H,35,36). The minimum Gasteiger partial charge on any atom is -0.478 e. The summed E-state index contributed by atoms with van der Waals surface area (Å²) >= 11 is 6.26. The first kappa shape index (κ1) is 29.1. The van der Waals surface area contributed by atoms with Gasteiger partial charge >= 0.3 is 12.1 Å².